The van der Waals surface area contributed by atoms with Crippen LogP contribution in [0.2, 0.25) is 0 Å². The second-order valence-corrected chi connectivity index (χ2v) is 7.67. The lowest BCUT2D eigenvalue weighted by atomic mass is 10.1. The summed E-state index contributed by atoms with van der Waals surface area (Å²) in [6, 6.07) is 9.66. The molecule has 1 aromatic rings. The summed E-state index contributed by atoms with van der Waals surface area (Å²) in [5.41, 5.74) is 1.05. The third-order valence-corrected chi connectivity index (χ3v) is 5.01. The molecular formula is C14H22BrNO2S. The minimum atomic E-state index is -3.22. The van der Waals surface area contributed by atoms with Crippen molar-refractivity contribution < 1.29 is 8.42 Å². The van der Waals surface area contributed by atoms with E-state index in [2.05, 4.69) is 34.5 Å². The molecule has 1 atom stereocenters. The van der Waals surface area contributed by atoms with Crippen molar-refractivity contribution >= 4 is 26.0 Å². The van der Waals surface area contributed by atoms with E-state index in [1.165, 1.54) is 0 Å². The van der Waals surface area contributed by atoms with Crippen molar-refractivity contribution in [3.63, 3.8) is 0 Å². The minimum absolute atomic E-state index is 0.0271. The highest BCUT2D eigenvalue weighted by Gasteiger charge is 2.17. The SMILES string of the molecule is CC(C)CC(CBr)NS(=O)(=O)CCc1ccccc1. The van der Waals surface area contributed by atoms with Gasteiger partial charge in [-0.1, -0.05) is 60.1 Å². The molecule has 1 aromatic carbocycles. The molecule has 1 N–H and O–H groups in total. The maximum Gasteiger partial charge on any atom is 0.212 e. The zero-order valence-corrected chi connectivity index (χ0v) is 13.9. The zero-order chi connectivity index (χ0) is 14.3. The predicted molar refractivity (Wildman–Crippen MR) is 84.1 cm³/mol. The summed E-state index contributed by atoms with van der Waals surface area (Å²) in [5.74, 6) is 0.609. The van der Waals surface area contributed by atoms with Gasteiger partial charge in [-0.05, 0) is 24.3 Å². The first-order valence-electron chi connectivity index (χ1n) is 6.53. The van der Waals surface area contributed by atoms with Gasteiger partial charge in [0, 0.05) is 11.4 Å². The molecule has 1 rings (SSSR count). The molecule has 1 unspecified atom stereocenters. The average Bonchev–Trinajstić information content (AvgIpc) is 2.36. The summed E-state index contributed by atoms with van der Waals surface area (Å²) in [7, 11) is -3.22. The number of alkyl halides is 1. The van der Waals surface area contributed by atoms with Gasteiger partial charge >= 0.3 is 0 Å². The summed E-state index contributed by atoms with van der Waals surface area (Å²) in [6.45, 7) is 4.18. The number of benzene rings is 1. The second kappa shape index (κ2) is 8.02. The molecule has 19 heavy (non-hydrogen) atoms. The Kier molecular flexibility index (Phi) is 7.04. The molecule has 0 amide bonds. The maximum atomic E-state index is 12.0. The summed E-state index contributed by atoms with van der Waals surface area (Å²) in [6.07, 6.45) is 1.39. The maximum absolute atomic E-state index is 12.0. The normalized spacial score (nSPS) is 13.7. The number of aryl methyl sites for hydroxylation is 1. The molecule has 0 bridgehead atoms. The molecule has 0 aliphatic carbocycles. The van der Waals surface area contributed by atoms with Gasteiger partial charge in [-0.25, -0.2) is 13.1 Å². The first-order valence-corrected chi connectivity index (χ1v) is 9.30. The molecular weight excluding hydrogens is 326 g/mol. The van der Waals surface area contributed by atoms with Crippen LogP contribution >= 0.6 is 15.9 Å². The standard InChI is InChI=1S/C14H22BrNO2S/c1-12(2)10-14(11-15)16-19(17,18)9-8-13-6-4-3-5-7-13/h3-7,12,14,16H,8-11H2,1-2H3. The van der Waals surface area contributed by atoms with Gasteiger partial charge < -0.3 is 0 Å². The lowest BCUT2D eigenvalue weighted by Crippen LogP contribution is -2.38. The lowest BCUT2D eigenvalue weighted by molar-refractivity contribution is 0.488. The van der Waals surface area contributed by atoms with Gasteiger partial charge in [-0.3, -0.25) is 0 Å². The van der Waals surface area contributed by atoms with Crippen molar-refractivity contribution in [2.45, 2.75) is 32.7 Å². The van der Waals surface area contributed by atoms with Crippen LogP contribution in [-0.4, -0.2) is 25.5 Å². The van der Waals surface area contributed by atoms with E-state index >= 15 is 0 Å². The topological polar surface area (TPSA) is 46.2 Å². The van der Waals surface area contributed by atoms with Crippen LogP contribution < -0.4 is 4.72 Å². The Bertz CT molecular complexity index is 460. The monoisotopic (exact) mass is 347 g/mol. The highest BCUT2D eigenvalue weighted by molar-refractivity contribution is 9.09. The molecule has 0 saturated carbocycles. The number of hydrogen-bond acceptors (Lipinski definition) is 2. The summed E-state index contributed by atoms with van der Waals surface area (Å²) in [4.78, 5) is 0. The molecule has 0 aromatic heterocycles. The van der Waals surface area contributed by atoms with E-state index in [4.69, 9.17) is 0 Å². The number of rotatable bonds is 8. The van der Waals surface area contributed by atoms with Crippen molar-refractivity contribution in [3.8, 4) is 0 Å². The van der Waals surface area contributed by atoms with Crippen LogP contribution in [0.15, 0.2) is 30.3 Å². The Hall–Kier alpha value is -0.390. The zero-order valence-electron chi connectivity index (χ0n) is 11.5. The molecule has 0 saturated heterocycles. The van der Waals surface area contributed by atoms with E-state index in [1.807, 2.05) is 30.3 Å². The van der Waals surface area contributed by atoms with E-state index < -0.39 is 10.0 Å². The van der Waals surface area contributed by atoms with Crippen LogP contribution in [-0.2, 0) is 16.4 Å². The van der Waals surface area contributed by atoms with Crippen LogP contribution in [0.5, 0.6) is 0 Å². The van der Waals surface area contributed by atoms with Gasteiger partial charge in [0.05, 0.1) is 5.75 Å². The Balaban J connectivity index is 2.51. The molecule has 3 nitrogen and oxygen atoms in total. The third kappa shape index (κ3) is 7.09. The summed E-state index contributed by atoms with van der Waals surface area (Å²) < 4.78 is 26.8. The quantitative estimate of drug-likeness (QED) is 0.734. The fourth-order valence-corrected chi connectivity index (χ4v) is 3.87. The number of nitrogens with one attached hydrogen (secondary N) is 1. The molecule has 0 aliphatic heterocycles. The number of hydrogen-bond donors (Lipinski definition) is 1. The van der Waals surface area contributed by atoms with Crippen LogP contribution in [0, 0.1) is 5.92 Å². The molecule has 5 heteroatoms. The largest absolute Gasteiger partial charge is 0.212 e. The number of sulfonamides is 1. The van der Waals surface area contributed by atoms with Crippen molar-refractivity contribution in [3.05, 3.63) is 35.9 Å². The average molecular weight is 348 g/mol. The highest BCUT2D eigenvalue weighted by atomic mass is 79.9. The summed E-state index contributed by atoms with van der Waals surface area (Å²) >= 11 is 3.37. The van der Waals surface area contributed by atoms with E-state index in [0.717, 1.165) is 12.0 Å². The van der Waals surface area contributed by atoms with E-state index in [9.17, 15) is 8.42 Å². The molecule has 0 aliphatic rings. The lowest BCUT2D eigenvalue weighted by Gasteiger charge is -2.18. The molecule has 0 fully saturated rings. The van der Waals surface area contributed by atoms with Crippen LogP contribution in [0.25, 0.3) is 0 Å². The van der Waals surface area contributed by atoms with Crippen LogP contribution in [0.3, 0.4) is 0 Å². The Labute approximate surface area is 125 Å². The first kappa shape index (κ1) is 16.7. The van der Waals surface area contributed by atoms with Gasteiger partial charge in [0.25, 0.3) is 0 Å². The molecule has 0 spiro atoms. The first-order chi connectivity index (χ1) is 8.93. The van der Waals surface area contributed by atoms with Crippen molar-refractivity contribution in [1.29, 1.82) is 0 Å². The molecule has 0 radical (unpaired) electrons. The highest BCUT2D eigenvalue weighted by Crippen LogP contribution is 2.09. The third-order valence-electron chi connectivity index (χ3n) is 2.79. The molecule has 108 valence electrons. The van der Waals surface area contributed by atoms with Crippen molar-refractivity contribution in [1.82, 2.24) is 4.72 Å². The predicted octanol–water partition coefficient (Wildman–Crippen LogP) is 2.96. The van der Waals surface area contributed by atoms with E-state index in [-0.39, 0.29) is 11.8 Å². The minimum Gasteiger partial charge on any atom is -0.212 e. The van der Waals surface area contributed by atoms with Crippen LogP contribution in [0.4, 0.5) is 0 Å². The van der Waals surface area contributed by atoms with Gasteiger partial charge in [-0.2, -0.15) is 0 Å². The van der Waals surface area contributed by atoms with Gasteiger partial charge in [-0.15, -0.1) is 0 Å². The Morgan fingerprint density at radius 1 is 1.21 bits per heavy atom. The smallest absolute Gasteiger partial charge is 0.212 e. The van der Waals surface area contributed by atoms with Gasteiger partial charge in [0.2, 0.25) is 10.0 Å². The Morgan fingerprint density at radius 2 is 1.84 bits per heavy atom. The Morgan fingerprint density at radius 3 is 2.37 bits per heavy atom. The van der Waals surface area contributed by atoms with Crippen molar-refractivity contribution in [2.75, 3.05) is 11.1 Å². The summed E-state index contributed by atoms with van der Waals surface area (Å²) in [5, 5.41) is 0.649. The van der Waals surface area contributed by atoms with Gasteiger partial charge in [0.15, 0.2) is 0 Å². The van der Waals surface area contributed by atoms with E-state index in [1.54, 1.807) is 0 Å². The fourth-order valence-electron chi connectivity index (χ4n) is 1.92. The van der Waals surface area contributed by atoms with E-state index in [0.29, 0.717) is 17.7 Å². The second-order valence-electron chi connectivity index (χ2n) is 5.15. The fraction of sp³-hybridized carbons (Fsp3) is 0.571. The van der Waals surface area contributed by atoms with Gasteiger partial charge in [0.1, 0.15) is 0 Å². The molecule has 0 heterocycles. The van der Waals surface area contributed by atoms with Crippen LogP contribution in [0.1, 0.15) is 25.8 Å². The number of halogens is 1. The van der Waals surface area contributed by atoms with Crippen molar-refractivity contribution in [2.24, 2.45) is 5.92 Å².